The minimum Gasteiger partial charge on any atom is -0.481 e. The molecule has 4 nitrogen and oxygen atoms in total. The fraction of sp³-hybridized carbons (Fsp3) is 0.211. The first kappa shape index (κ1) is 15.4. The molecule has 0 radical (unpaired) electrons. The lowest BCUT2D eigenvalue weighted by molar-refractivity contribution is -0.144. The number of carboxylic acid groups (broad SMARTS) is 1. The third kappa shape index (κ3) is 2.27. The van der Waals surface area contributed by atoms with Gasteiger partial charge in [0.05, 0.1) is 24.2 Å². The summed E-state index contributed by atoms with van der Waals surface area (Å²) in [6.45, 7) is 0.495. The topological polar surface area (TPSA) is 62.3 Å². The number of ether oxygens (including phenoxy) is 1. The van der Waals surface area contributed by atoms with Crippen molar-refractivity contribution < 1.29 is 14.6 Å². The molecule has 1 unspecified atom stereocenters. The minimum atomic E-state index is -0.987. The van der Waals surface area contributed by atoms with Crippen LogP contribution in [0.4, 0.5) is 0 Å². The molecule has 1 aliphatic rings. The Morgan fingerprint density at radius 1 is 1.21 bits per heavy atom. The summed E-state index contributed by atoms with van der Waals surface area (Å²) < 4.78 is 7.10. The predicted molar refractivity (Wildman–Crippen MR) is 95.1 cm³/mol. The van der Waals surface area contributed by atoms with Crippen molar-refractivity contribution in [1.29, 1.82) is 0 Å². The monoisotopic (exact) mass is 385 g/mol. The molecule has 0 saturated carbocycles. The lowest BCUT2D eigenvalue weighted by Gasteiger charge is -2.36. The fourth-order valence-electron chi connectivity index (χ4n) is 3.63. The number of halogens is 1. The van der Waals surface area contributed by atoms with E-state index < -0.39 is 11.6 Å². The first-order chi connectivity index (χ1) is 11.6. The Hall–Kier alpha value is -2.11. The van der Waals surface area contributed by atoms with Crippen LogP contribution in [0.1, 0.15) is 23.2 Å². The van der Waals surface area contributed by atoms with Crippen LogP contribution in [0.15, 0.2) is 53.0 Å². The van der Waals surface area contributed by atoms with E-state index in [1.54, 1.807) is 0 Å². The van der Waals surface area contributed by atoms with E-state index in [0.29, 0.717) is 6.61 Å². The number of aromatic nitrogens is 1. The number of para-hydroxylation sites is 1. The van der Waals surface area contributed by atoms with Gasteiger partial charge < -0.3 is 14.8 Å². The van der Waals surface area contributed by atoms with Gasteiger partial charge in [-0.25, -0.2) is 0 Å². The van der Waals surface area contributed by atoms with Crippen LogP contribution in [0.2, 0.25) is 0 Å². The number of aliphatic carboxylic acids is 1. The van der Waals surface area contributed by atoms with E-state index in [4.69, 9.17) is 4.74 Å². The third-order valence-corrected chi connectivity index (χ3v) is 5.30. The van der Waals surface area contributed by atoms with E-state index in [0.717, 1.165) is 38.6 Å². The quantitative estimate of drug-likeness (QED) is 0.709. The van der Waals surface area contributed by atoms with Crippen LogP contribution >= 0.6 is 15.9 Å². The summed E-state index contributed by atoms with van der Waals surface area (Å²) in [5.74, 6) is -0.885. The number of carboxylic acids is 1. The van der Waals surface area contributed by atoms with Crippen molar-refractivity contribution in [2.24, 2.45) is 0 Å². The van der Waals surface area contributed by atoms with Gasteiger partial charge >= 0.3 is 5.97 Å². The van der Waals surface area contributed by atoms with E-state index in [2.05, 4.69) is 27.0 Å². The first-order valence-electron chi connectivity index (χ1n) is 7.82. The van der Waals surface area contributed by atoms with E-state index in [-0.39, 0.29) is 6.42 Å². The van der Waals surface area contributed by atoms with Crippen molar-refractivity contribution >= 4 is 32.8 Å². The first-order valence-corrected chi connectivity index (χ1v) is 8.62. The van der Waals surface area contributed by atoms with Crippen LogP contribution < -0.4 is 0 Å². The highest BCUT2D eigenvalue weighted by Crippen LogP contribution is 2.44. The largest absolute Gasteiger partial charge is 0.481 e. The van der Waals surface area contributed by atoms with Crippen LogP contribution in [0.3, 0.4) is 0 Å². The highest BCUT2D eigenvalue weighted by Gasteiger charge is 2.43. The van der Waals surface area contributed by atoms with E-state index >= 15 is 0 Å². The highest BCUT2D eigenvalue weighted by molar-refractivity contribution is 9.10. The number of carbonyl (C=O) groups is 1. The summed E-state index contributed by atoms with van der Waals surface area (Å²) in [6, 6.07) is 15.6. The number of hydrogen-bond donors (Lipinski definition) is 2. The Morgan fingerprint density at radius 2 is 2.00 bits per heavy atom. The molecule has 2 aromatic carbocycles. The summed E-state index contributed by atoms with van der Waals surface area (Å²) in [5, 5.41) is 10.7. The summed E-state index contributed by atoms with van der Waals surface area (Å²) in [4.78, 5) is 15.1. The SMILES string of the molecule is O=C(O)CC1(c2ccccc2)OCCc2c1[nH]c1c(Br)cccc21. The summed E-state index contributed by atoms with van der Waals surface area (Å²) in [7, 11) is 0. The number of nitrogens with one attached hydrogen (secondary N) is 1. The van der Waals surface area contributed by atoms with Crippen LogP contribution in [-0.2, 0) is 21.6 Å². The van der Waals surface area contributed by atoms with Crippen LogP contribution in [0, 0.1) is 0 Å². The molecular weight excluding hydrogens is 370 g/mol. The second kappa shape index (κ2) is 5.76. The maximum absolute atomic E-state index is 11.6. The Labute approximate surface area is 147 Å². The number of fused-ring (bicyclic) bond motifs is 3. The molecule has 4 rings (SSSR count). The van der Waals surface area contributed by atoms with Crippen molar-refractivity contribution in [1.82, 2.24) is 4.98 Å². The van der Waals surface area contributed by atoms with Crippen LogP contribution in [-0.4, -0.2) is 22.7 Å². The molecular formula is C19H16BrNO3. The van der Waals surface area contributed by atoms with Gasteiger partial charge in [-0.2, -0.15) is 0 Å². The second-order valence-electron chi connectivity index (χ2n) is 6.00. The van der Waals surface area contributed by atoms with Gasteiger partial charge in [0.1, 0.15) is 5.60 Å². The molecule has 0 saturated heterocycles. The van der Waals surface area contributed by atoms with Gasteiger partial charge in [-0.3, -0.25) is 4.79 Å². The van der Waals surface area contributed by atoms with Crippen molar-refractivity contribution in [3.8, 4) is 0 Å². The number of benzene rings is 2. The molecule has 0 amide bonds. The predicted octanol–water partition coefficient (Wildman–Crippen LogP) is 4.22. The second-order valence-corrected chi connectivity index (χ2v) is 6.86. The van der Waals surface area contributed by atoms with Crippen LogP contribution in [0.5, 0.6) is 0 Å². The summed E-state index contributed by atoms with van der Waals surface area (Å²) in [6.07, 6.45) is 0.647. The molecule has 0 bridgehead atoms. The molecule has 0 fully saturated rings. The van der Waals surface area contributed by atoms with Gasteiger partial charge in [0.2, 0.25) is 0 Å². The molecule has 24 heavy (non-hydrogen) atoms. The molecule has 122 valence electrons. The van der Waals surface area contributed by atoms with Crippen molar-refractivity contribution in [2.45, 2.75) is 18.4 Å². The number of aromatic amines is 1. The van der Waals surface area contributed by atoms with Gasteiger partial charge in [-0.1, -0.05) is 42.5 Å². The third-order valence-electron chi connectivity index (χ3n) is 4.64. The maximum atomic E-state index is 11.6. The Balaban J connectivity index is 2.02. The van der Waals surface area contributed by atoms with Gasteiger partial charge in [0.25, 0.3) is 0 Å². The number of H-pyrrole nitrogens is 1. The standard InChI is InChI=1S/C19H16BrNO3/c20-15-8-4-7-13-14-9-10-24-19(11-16(22)23,18(14)21-17(13)15)12-5-2-1-3-6-12/h1-8,21H,9-11H2,(H,22,23). The zero-order valence-electron chi connectivity index (χ0n) is 12.9. The van der Waals surface area contributed by atoms with E-state index in [1.807, 2.05) is 42.5 Å². The summed E-state index contributed by atoms with van der Waals surface area (Å²) in [5.41, 5.74) is 2.85. The van der Waals surface area contributed by atoms with E-state index in [9.17, 15) is 9.90 Å². The minimum absolute atomic E-state index is 0.117. The molecule has 2 N–H and O–H groups in total. The molecule has 3 aromatic rings. The van der Waals surface area contributed by atoms with E-state index in [1.165, 1.54) is 0 Å². The average molecular weight is 386 g/mol. The fourth-order valence-corrected chi connectivity index (χ4v) is 4.10. The number of hydrogen-bond acceptors (Lipinski definition) is 2. The van der Waals surface area contributed by atoms with Crippen molar-refractivity contribution in [3.05, 3.63) is 69.8 Å². The zero-order valence-corrected chi connectivity index (χ0v) is 14.5. The molecule has 1 atom stereocenters. The molecule has 2 heterocycles. The lowest BCUT2D eigenvalue weighted by atomic mass is 9.82. The Bertz CT molecular complexity index is 919. The molecule has 0 spiro atoms. The normalized spacial score (nSPS) is 20.0. The Morgan fingerprint density at radius 3 is 2.75 bits per heavy atom. The van der Waals surface area contributed by atoms with Gasteiger partial charge in [0.15, 0.2) is 0 Å². The van der Waals surface area contributed by atoms with Crippen LogP contribution in [0.25, 0.3) is 10.9 Å². The van der Waals surface area contributed by atoms with Gasteiger partial charge in [0, 0.05) is 9.86 Å². The van der Waals surface area contributed by atoms with Gasteiger partial charge in [-0.05, 0) is 39.5 Å². The Kier molecular flexibility index (Phi) is 3.70. The average Bonchev–Trinajstić information content (AvgIpc) is 2.97. The van der Waals surface area contributed by atoms with Crippen molar-refractivity contribution in [2.75, 3.05) is 6.61 Å². The molecule has 0 aliphatic carbocycles. The maximum Gasteiger partial charge on any atom is 0.307 e. The number of rotatable bonds is 3. The zero-order chi connectivity index (χ0) is 16.7. The van der Waals surface area contributed by atoms with Gasteiger partial charge in [-0.15, -0.1) is 0 Å². The molecule has 5 heteroatoms. The molecule has 1 aromatic heterocycles. The highest BCUT2D eigenvalue weighted by atomic mass is 79.9. The summed E-state index contributed by atoms with van der Waals surface area (Å²) >= 11 is 3.58. The van der Waals surface area contributed by atoms with Crippen molar-refractivity contribution in [3.63, 3.8) is 0 Å². The smallest absolute Gasteiger partial charge is 0.307 e. The lowest BCUT2D eigenvalue weighted by Crippen LogP contribution is -2.39. The molecule has 1 aliphatic heterocycles.